The van der Waals surface area contributed by atoms with E-state index < -0.39 is 121 Å². The van der Waals surface area contributed by atoms with E-state index in [0.29, 0.717) is 45.1 Å². The molecule has 3 heterocycles. The van der Waals surface area contributed by atoms with E-state index >= 15 is 0 Å². The number of likely N-dealkylation sites (tertiary alicyclic amines) is 3. The highest BCUT2D eigenvalue weighted by Gasteiger charge is 2.44. The van der Waals surface area contributed by atoms with Crippen molar-refractivity contribution in [2.24, 2.45) is 11.5 Å². The van der Waals surface area contributed by atoms with Crippen molar-refractivity contribution in [1.29, 1.82) is 0 Å². The Balaban J connectivity index is 1.56. The molecule has 3 aliphatic rings. The van der Waals surface area contributed by atoms with Crippen LogP contribution in [0.2, 0.25) is 0 Å². The molecule has 3 rings (SSSR count). The van der Waals surface area contributed by atoms with E-state index in [2.05, 4.69) is 26.6 Å². The number of aliphatic hydroxyl groups is 2. The van der Waals surface area contributed by atoms with Gasteiger partial charge in [0.15, 0.2) is 0 Å². The van der Waals surface area contributed by atoms with Gasteiger partial charge < -0.3 is 63.0 Å². The Morgan fingerprint density at radius 1 is 0.685 bits per heavy atom. The molecule has 3 saturated heterocycles. The van der Waals surface area contributed by atoms with E-state index in [9.17, 15) is 53.4 Å². The number of hydrogen-bond acceptors (Lipinski definition) is 12. The Kier molecular flexibility index (Phi) is 15.7. The highest BCUT2D eigenvalue weighted by atomic mass is 16.3. The summed E-state index contributed by atoms with van der Waals surface area (Å²) in [5.74, 6) is -6.24. The molecule has 21 nitrogen and oxygen atoms in total. The lowest BCUT2D eigenvalue weighted by Gasteiger charge is -2.33. The highest BCUT2D eigenvalue weighted by Crippen LogP contribution is 2.26. The average molecular weight is 767 g/mol. The Hall–Kier alpha value is -4.89. The standard InChI is InChI=1S/C33H54N10O11/c1-16(34)31(52)41-11-5-8-21(41)28(49)36-14-24(46)39-20(15-44)27(48)40-25(19(4)45)30(51)38-18(3)32(53)43-13-7-10-23(43)33(54)42-12-6-9-22(42)29(50)37-17(2)26(35)47/h16-23,25,44-45H,5-15,34H2,1-4H3,(H2,35,47)(H,36,49)(H,37,50)(H,38,51)(H,39,46)(H,40,48)/t16-,17-,18-,19+,20-,21-,22-,23-,25-/m0/s1. The number of amides is 9. The molecule has 54 heavy (non-hydrogen) atoms. The first-order chi connectivity index (χ1) is 25.4. The zero-order valence-electron chi connectivity index (χ0n) is 31.0. The second-order valence-electron chi connectivity index (χ2n) is 14.0. The molecule has 0 spiro atoms. The van der Waals surface area contributed by atoms with Crippen LogP contribution in [0, 0.1) is 0 Å². The van der Waals surface area contributed by atoms with Gasteiger partial charge in [0, 0.05) is 19.6 Å². The van der Waals surface area contributed by atoms with Crippen LogP contribution in [-0.2, 0) is 43.2 Å². The summed E-state index contributed by atoms with van der Waals surface area (Å²) >= 11 is 0. The quantitative estimate of drug-likeness (QED) is 0.0710. The molecule has 0 aromatic heterocycles. The van der Waals surface area contributed by atoms with Crippen LogP contribution in [0.3, 0.4) is 0 Å². The van der Waals surface area contributed by atoms with Gasteiger partial charge in [0.05, 0.1) is 25.3 Å². The highest BCUT2D eigenvalue weighted by molar-refractivity contribution is 5.98. The van der Waals surface area contributed by atoms with Crippen molar-refractivity contribution in [3.63, 3.8) is 0 Å². The molecule has 0 radical (unpaired) electrons. The number of aliphatic hydroxyl groups excluding tert-OH is 2. The molecular formula is C33H54N10O11. The molecule has 9 atom stereocenters. The second-order valence-corrected chi connectivity index (χ2v) is 14.0. The summed E-state index contributed by atoms with van der Waals surface area (Å²) in [5.41, 5.74) is 10.9. The van der Waals surface area contributed by atoms with Gasteiger partial charge in [-0.2, -0.15) is 0 Å². The number of hydrogen-bond donors (Lipinski definition) is 9. The Labute approximate surface area is 312 Å². The fourth-order valence-corrected chi connectivity index (χ4v) is 6.72. The van der Waals surface area contributed by atoms with Gasteiger partial charge in [0.1, 0.15) is 42.3 Å². The molecule has 302 valence electrons. The topological polar surface area (TPSA) is 316 Å². The lowest BCUT2D eigenvalue weighted by molar-refractivity contribution is -0.148. The lowest BCUT2D eigenvalue weighted by Crippen LogP contribution is -2.61. The Morgan fingerprint density at radius 2 is 1.22 bits per heavy atom. The first-order valence-corrected chi connectivity index (χ1v) is 18.1. The third-order valence-electron chi connectivity index (χ3n) is 9.72. The molecule has 0 aliphatic carbocycles. The van der Waals surface area contributed by atoms with Crippen LogP contribution in [0.4, 0.5) is 0 Å². The van der Waals surface area contributed by atoms with Gasteiger partial charge in [-0.15, -0.1) is 0 Å². The molecule has 3 fully saturated rings. The molecule has 0 aromatic carbocycles. The number of nitrogens with two attached hydrogens (primary N) is 2. The van der Waals surface area contributed by atoms with E-state index in [4.69, 9.17) is 11.5 Å². The monoisotopic (exact) mass is 766 g/mol. The summed E-state index contributed by atoms with van der Waals surface area (Å²) in [6.07, 6.45) is 1.11. The minimum Gasteiger partial charge on any atom is -0.394 e. The lowest BCUT2D eigenvalue weighted by atomic mass is 10.1. The zero-order chi connectivity index (χ0) is 40.4. The van der Waals surface area contributed by atoms with Crippen LogP contribution in [0.5, 0.6) is 0 Å². The van der Waals surface area contributed by atoms with Gasteiger partial charge in [0.25, 0.3) is 0 Å². The molecule has 0 aromatic rings. The third kappa shape index (κ3) is 10.8. The van der Waals surface area contributed by atoms with Crippen molar-refractivity contribution in [2.75, 3.05) is 32.8 Å². The smallest absolute Gasteiger partial charge is 0.246 e. The average Bonchev–Trinajstić information content (AvgIpc) is 3.92. The van der Waals surface area contributed by atoms with Crippen LogP contribution in [-0.4, -0.2) is 165 Å². The van der Waals surface area contributed by atoms with E-state index in [1.165, 1.54) is 42.4 Å². The number of nitrogens with one attached hydrogen (secondary N) is 5. The summed E-state index contributed by atoms with van der Waals surface area (Å²) in [6, 6.07) is -8.81. The van der Waals surface area contributed by atoms with Crippen molar-refractivity contribution in [1.82, 2.24) is 41.3 Å². The van der Waals surface area contributed by atoms with Gasteiger partial charge in [-0.25, -0.2) is 0 Å². The van der Waals surface area contributed by atoms with Gasteiger partial charge in [0.2, 0.25) is 53.2 Å². The van der Waals surface area contributed by atoms with Crippen molar-refractivity contribution < 1.29 is 53.4 Å². The number of primary amides is 1. The number of carbonyl (C=O) groups is 9. The number of nitrogens with zero attached hydrogens (tertiary/aromatic N) is 3. The molecule has 11 N–H and O–H groups in total. The normalized spacial score (nSPS) is 22.9. The maximum Gasteiger partial charge on any atom is 0.246 e. The molecule has 21 heteroatoms. The zero-order valence-corrected chi connectivity index (χ0v) is 31.0. The SMILES string of the molecule is C[C@H](N)C(=O)N1CCC[C@H]1C(=O)NCC(=O)N[C@@H](CO)C(=O)N[C@H](C(=O)N[C@@H](C)C(=O)N1CCC[C@H]1C(=O)N1CCC[C@H]1C(=O)N[C@@H](C)C(N)=O)[C@@H](C)O. The maximum absolute atomic E-state index is 13.6. The van der Waals surface area contributed by atoms with Crippen molar-refractivity contribution in [3.8, 4) is 0 Å². The van der Waals surface area contributed by atoms with E-state index in [-0.39, 0.29) is 13.1 Å². The molecular weight excluding hydrogens is 712 g/mol. The van der Waals surface area contributed by atoms with E-state index in [0.717, 1.165) is 0 Å². The summed E-state index contributed by atoms with van der Waals surface area (Å²) < 4.78 is 0. The van der Waals surface area contributed by atoms with Crippen LogP contribution in [0.25, 0.3) is 0 Å². The minimum atomic E-state index is -1.64. The van der Waals surface area contributed by atoms with Crippen LogP contribution < -0.4 is 38.1 Å². The third-order valence-corrected chi connectivity index (χ3v) is 9.72. The largest absolute Gasteiger partial charge is 0.394 e. The van der Waals surface area contributed by atoms with Gasteiger partial charge in [-0.1, -0.05) is 0 Å². The van der Waals surface area contributed by atoms with Gasteiger partial charge in [-0.05, 0) is 66.2 Å². The first-order valence-electron chi connectivity index (χ1n) is 18.1. The summed E-state index contributed by atoms with van der Waals surface area (Å²) in [4.78, 5) is 119. The van der Waals surface area contributed by atoms with E-state index in [1.807, 2.05) is 0 Å². The van der Waals surface area contributed by atoms with E-state index in [1.54, 1.807) is 0 Å². The van der Waals surface area contributed by atoms with Crippen LogP contribution in [0.15, 0.2) is 0 Å². The number of rotatable bonds is 16. The molecule has 9 amide bonds. The Morgan fingerprint density at radius 3 is 1.76 bits per heavy atom. The van der Waals surface area contributed by atoms with Crippen molar-refractivity contribution in [3.05, 3.63) is 0 Å². The first kappa shape index (κ1) is 43.5. The molecule has 3 aliphatic heterocycles. The summed E-state index contributed by atoms with van der Waals surface area (Å²) in [5, 5.41) is 32.0. The van der Waals surface area contributed by atoms with Crippen molar-refractivity contribution >= 4 is 53.2 Å². The van der Waals surface area contributed by atoms with Crippen LogP contribution >= 0.6 is 0 Å². The predicted molar refractivity (Wildman–Crippen MR) is 188 cm³/mol. The number of carbonyl (C=O) groups excluding carboxylic acids is 9. The van der Waals surface area contributed by atoms with Gasteiger partial charge >= 0.3 is 0 Å². The van der Waals surface area contributed by atoms with Crippen LogP contribution in [0.1, 0.15) is 66.2 Å². The Bertz CT molecular complexity index is 1460. The maximum atomic E-state index is 13.6. The summed E-state index contributed by atoms with van der Waals surface area (Å²) in [6.45, 7) is 4.76. The van der Waals surface area contributed by atoms with Crippen molar-refractivity contribution in [2.45, 2.75) is 121 Å². The predicted octanol–water partition coefficient (Wildman–Crippen LogP) is -5.74. The fraction of sp³-hybridized carbons (Fsp3) is 0.727. The molecule has 0 unspecified atom stereocenters. The second kappa shape index (κ2) is 19.4. The fourth-order valence-electron chi connectivity index (χ4n) is 6.72. The molecule has 0 saturated carbocycles. The summed E-state index contributed by atoms with van der Waals surface area (Å²) in [7, 11) is 0. The molecule has 0 bridgehead atoms. The minimum absolute atomic E-state index is 0.192. The van der Waals surface area contributed by atoms with Gasteiger partial charge in [-0.3, -0.25) is 43.2 Å².